The first-order valence-electron chi connectivity index (χ1n) is 9.64. The van der Waals surface area contributed by atoms with Crippen molar-refractivity contribution in [1.29, 1.82) is 0 Å². The molecule has 24 heavy (non-hydrogen) atoms. The molecule has 0 radical (unpaired) electrons. The van der Waals surface area contributed by atoms with Crippen LogP contribution in [0.15, 0.2) is 24.7 Å². The number of aromatic nitrogens is 3. The summed E-state index contributed by atoms with van der Waals surface area (Å²) >= 11 is 0. The first kappa shape index (κ1) is 18.6. The van der Waals surface area contributed by atoms with Gasteiger partial charge in [-0.2, -0.15) is 0 Å². The Labute approximate surface area is 145 Å². The smallest absolute Gasteiger partial charge is 0.232 e. The number of hydrogen-bond acceptors (Lipinski definition) is 3. The second kappa shape index (κ2) is 11.0. The Bertz CT molecular complexity index is 606. The van der Waals surface area contributed by atoms with E-state index in [-0.39, 0.29) is 5.91 Å². The molecule has 0 saturated heterocycles. The molecule has 132 valence electrons. The zero-order valence-corrected chi connectivity index (χ0v) is 15.0. The molecule has 0 N–H and O–H groups in total. The number of rotatable bonds is 12. The maximum atomic E-state index is 12.3. The first-order chi connectivity index (χ1) is 11.8. The number of fused-ring (bicyclic) bond motifs is 1. The molecule has 0 saturated carbocycles. The fourth-order valence-corrected chi connectivity index (χ4v) is 3.11. The van der Waals surface area contributed by atoms with Crippen LogP contribution in [0.4, 0.5) is 0 Å². The van der Waals surface area contributed by atoms with E-state index in [1.165, 1.54) is 57.8 Å². The Morgan fingerprint density at radius 1 is 0.917 bits per heavy atom. The molecule has 4 nitrogen and oxygen atoms in total. The summed E-state index contributed by atoms with van der Waals surface area (Å²) in [6.45, 7) is 2.26. The molecule has 0 aliphatic heterocycles. The van der Waals surface area contributed by atoms with Crippen molar-refractivity contribution in [3.05, 3.63) is 24.7 Å². The molecule has 0 aliphatic carbocycles. The van der Waals surface area contributed by atoms with Crippen LogP contribution in [0.1, 0.15) is 88.8 Å². The SMILES string of the molecule is CCCCCCCCCCCCCC(=O)n1cnc2ncccc21. The van der Waals surface area contributed by atoms with Gasteiger partial charge < -0.3 is 0 Å². The highest BCUT2D eigenvalue weighted by Crippen LogP contribution is 2.14. The van der Waals surface area contributed by atoms with Crippen molar-refractivity contribution in [3.63, 3.8) is 0 Å². The zero-order chi connectivity index (χ0) is 17.0. The Balaban J connectivity index is 1.52. The molecular weight excluding hydrogens is 298 g/mol. The lowest BCUT2D eigenvalue weighted by Gasteiger charge is -2.04. The predicted molar refractivity (Wildman–Crippen MR) is 99.2 cm³/mol. The van der Waals surface area contributed by atoms with Crippen LogP contribution in [-0.2, 0) is 0 Å². The fourth-order valence-electron chi connectivity index (χ4n) is 3.11. The fraction of sp³-hybridized carbons (Fsp3) is 0.650. The van der Waals surface area contributed by atoms with Crippen LogP contribution in [0.2, 0.25) is 0 Å². The van der Waals surface area contributed by atoms with E-state index in [1.54, 1.807) is 17.1 Å². The van der Waals surface area contributed by atoms with Gasteiger partial charge in [-0.25, -0.2) is 9.97 Å². The summed E-state index contributed by atoms with van der Waals surface area (Å²) in [6.07, 6.45) is 18.2. The maximum absolute atomic E-state index is 12.3. The second-order valence-corrected chi connectivity index (χ2v) is 6.64. The summed E-state index contributed by atoms with van der Waals surface area (Å²) < 4.78 is 1.64. The maximum Gasteiger partial charge on any atom is 0.232 e. The van der Waals surface area contributed by atoms with Crippen molar-refractivity contribution in [2.45, 2.75) is 84.0 Å². The van der Waals surface area contributed by atoms with Crippen molar-refractivity contribution in [1.82, 2.24) is 14.5 Å². The van der Waals surface area contributed by atoms with E-state index in [4.69, 9.17) is 0 Å². The summed E-state index contributed by atoms with van der Waals surface area (Å²) in [6, 6.07) is 3.74. The van der Waals surface area contributed by atoms with Crippen molar-refractivity contribution in [2.75, 3.05) is 0 Å². The van der Waals surface area contributed by atoms with Crippen LogP contribution in [0.5, 0.6) is 0 Å². The topological polar surface area (TPSA) is 47.8 Å². The monoisotopic (exact) mass is 329 g/mol. The Morgan fingerprint density at radius 3 is 2.21 bits per heavy atom. The lowest BCUT2D eigenvalue weighted by Crippen LogP contribution is -2.08. The third kappa shape index (κ3) is 6.06. The Hall–Kier alpha value is -1.71. The van der Waals surface area contributed by atoms with Gasteiger partial charge in [-0.05, 0) is 18.6 Å². The number of carbonyl (C=O) groups excluding carboxylic acids is 1. The van der Waals surface area contributed by atoms with Gasteiger partial charge in [0.1, 0.15) is 6.33 Å². The summed E-state index contributed by atoms with van der Waals surface area (Å²) in [5.41, 5.74) is 1.45. The van der Waals surface area contributed by atoms with Crippen molar-refractivity contribution in [2.24, 2.45) is 0 Å². The average Bonchev–Trinajstić information content (AvgIpc) is 3.03. The summed E-state index contributed by atoms with van der Waals surface area (Å²) in [7, 11) is 0. The lowest BCUT2D eigenvalue weighted by atomic mass is 10.1. The third-order valence-corrected chi connectivity index (χ3v) is 4.58. The van der Waals surface area contributed by atoms with Gasteiger partial charge in [0.15, 0.2) is 5.65 Å². The molecule has 0 fully saturated rings. The van der Waals surface area contributed by atoms with E-state index in [0.29, 0.717) is 12.1 Å². The summed E-state index contributed by atoms with van der Waals surface area (Å²) in [5.74, 6) is 0.126. The molecule has 0 aliphatic rings. The molecular formula is C20H31N3O. The van der Waals surface area contributed by atoms with Gasteiger partial charge in [0, 0.05) is 12.6 Å². The van der Waals surface area contributed by atoms with E-state index >= 15 is 0 Å². The largest absolute Gasteiger partial charge is 0.274 e. The third-order valence-electron chi connectivity index (χ3n) is 4.58. The molecule has 0 unspecified atom stereocenters. The van der Waals surface area contributed by atoms with Crippen molar-refractivity contribution < 1.29 is 4.79 Å². The number of hydrogen-bond donors (Lipinski definition) is 0. The Kier molecular flexibility index (Phi) is 8.50. The number of pyridine rings is 1. The summed E-state index contributed by atoms with van der Waals surface area (Å²) in [5, 5.41) is 0. The molecule has 0 atom stereocenters. The van der Waals surface area contributed by atoms with Gasteiger partial charge in [-0.15, -0.1) is 0 Å². The van der Waals surface area contributed by atoms with Crippen molar-refractivity contribution >= 4 is 17.1 Å². The quantitative estimate of drug-likeness (QED) is 0.464. The number of unbranched alkanes of at least 4 members (excludes halogenated alkanes) is 10. The van der Waals surface area contributed by atoms with Crippen LogP contribution in [0, 0.1) is 0 Å². The highest BCUT2D eigenvalue weighted by atomic mass is 16.2. The van der Waals surface area contributed by atoms with Gasteiger partial charge >= 0.3 is 0 Å². The normalized spacial score (nSPS) is 11.2. The van der Waals surface area contributed by atoms with Gasteiger partial charge in [0.05, 0.1) is 5.52 Å². The zero-order valence-electron chi connectivity index (χ0n) is 15.0. The molecule has 2 rings (SSSR count). The van der Waals surface area contributed by atoms with Crippen LogP contribution < -0.4 is 0 Å². The summed E-state index contributed by atoms with van der Waals surface area (Å²) in [4.78, 5) is 20.6. The molecule has 0 aromatic carbocycles. The number of carbonyl (C=O) groups is 1. The molecule has 0 bridgehead atoms. The molecule has 2 aromatic heterocycles. The number of nitrogens with zero attached hydrogens (tertiary/aromatic N) is 3. The van der Waals surface area contributed by atoms with Crippen LogP contribution in [-0.4, -0.2) is 20.4 Å². The second-order valence-electron chi connectivity index (χ2n) is 6.64. The van der Waals surface area contributed by atoms with E-state index in [0.717, 1.165) is 18.4 Å². The minimum Gasteiger partial charge on any atom is -0.274 e. The number of imidazole rings is 1. The minimum absolute atomic E-state index is 0.126. The van der Waals surface area contributed by atoms with Gasteiger partial charge in [0.2, 0.25) is 5.91 Å². The molecule has 0 amide bonds. The molecule has 4 heteroatoms. The minimum atomic E-state index is 0.126. The van der Waals surface area contributed by atoms with Gasteiger partial charge in [-0.3, -0.25) is 9.36 Å². The van der Waals surface area contributed by atoms with Crippen LogP contribution in [0.3, 0.4) is 0 Å². The Morgan fingerprint density at radius 2 is 1.54 bits per heavy atom. The highest BCUT2D eigenvalue weighted by molar-refractivity contribution is 5.88. The lowest BCUT2D eigenvalue weighted by molar-refractivity contribution is 0.0903. The van der Waals surface area contributed by atoms with E-state index in [9.17, 15) is 4.79 Å². The first-order valence-corrected chi connectivity index (χ1v) is 9.64. The molecule has 2 aromatic rings. The van der Waals surface area contributed by atoms with E-state index < -0.39 is 0 Å². The van der Waals surface area contributed by atoms with Crippen LogP contribution >= 0.6 is 0 Å². The average molecular weight is 329 g/mol. The van der Waals surface area contributed by atoms with E-state index in [2.05, 4.69) is 16.9 Å². The predicted octanol–water partition coefficient (Wildman–Crippen LogP) is 5.77. The van der Waals surface area contributed by atoms with Gasteiger partial charge in [-0.1, -0.05) is 71.1 Å². The van der Waals surface area contributed by atoms with Gasteiger partial charge in [0.25, 0.3) is 0 Å². The van der Waals surface area contributed by atoms with E-state index in [1.807, 2.05) is 12.1 Å². The van der Waals surface area contributed by atoms with Crippen molar-refractivity contribution in [3.8, 4) is 0 Å². The highest BCUT2D eigenvalue weighted by Gasteiger charge is 2.09. The molecule has 0 spiro atoms. The van der Waals surface area contributed by atoms with Crippen LogP contribution in [0.25, 0.3) is 11.2 Å². The molecule has 2 heterocycles. The standard InChI is InChI=1S/C20H31N3O/c1-2-3-4-5-6-7-8-9-10-11-12-15-19(24)23-17-22-20-18(23)14-13-16-21-20/h13-14,16-17H,2-12,15H2,1H3.